The van der Waals surface area contributed by atoms with Crippen molar-refractivity contribution in [1.82, 2.24) is 9.55 Å². The first-order valence-corrected chi connectivity index (χ1v) is 15.0. The first-order chi connectivity index (χ1) is 16.1. The van der Waals surface area contributed by atoms with E-state index in [1.807, 2.05) is 37.5 Å². The zero-order valence-electron chi connectivity index (χ0n) is 21.3. The van der Waals surface area contributed by atoms with Gasteiger partial charge in [-0.15, -0.1) is 0 Å². The van der Waals surface area contributed by atoms with E-state index in [-0.39, 0.29) is 10.8 Å². The van der Waals surface area contributed by atoms with E-state index >= 15 is 0 Å². The van der Waals surface area contributed by atoms with Crippen LogP contribution in [0.25, 0.3) is 5.69 Å². The van der Waals surface area contributed by atoms with Crippen LogP contribution in [0.3, 0.4) is 0 Å². The van der Waals surface area contributed by atoms with Gasteiger partial charge in [0.05, 0.1) is 25.0 Å². The largest absolute Gasteiger partial charge is 0.496 e. The normalized spacial score (nSPS) is 12.1. The number of nitrogens with one attached hydrogen (secondary N) is 1. The molecule has 0 radical (unpaired) electrons. The van der Waals surface area contributed by atoms with Crippen LogP contribution >= 0.6 is 0 Å². The van der Waals surface area contributed by atoms with Gasteiger partial charge in [-0.25, -0.2) is 0 Å². The topological polar surface area (TPSA) is 76.5 Å². The first-order valence-electron chi connectivity index (χ1n) is 12.0. The molecular formula is C27H38N2O4Si. The number of methoxy groups -OCH3 is 1. The fourth-order valence-corrected chi connectivity index (χ4v) is 4.50. The fraction of sp³-hybridized carbons (Fsp3) is 0.444. The molecule has 2 aromatic heterocycles. The van der Waals surface area contributed by atoms with Gasteiger partial charge < -0.3 is 23.8 Å². The molecule has 0 fully saturated rings. The molecule has 2 N–H and O–H groups in total. The van der Waals surface area contributed by atoms with Crippen molar-refractivity contribution in [2.45, 2.75) is 64.6 Å². The second-order valence-corrected chi connectivity index (χ2v) is 14.4. The molecule has 0 saturated heterocycles. The van der Waals surface area contributed by atoms with Crippen molar-refractivity contribution in [3.05, 3.63) is 65.7 Å². The highest BCUT2D eigenvalue weighted by molar-refractivity contribution is 6.72. The Bertz CT molecular complexity index is 1110. The maximum atomic E-state index is 13.5. The van der Waals surface area contributed by atoms with E-state index in [0.717, 1.165) is 37.1 Å². The number of benzene rings is 1. The maximum absolute atomic E-state index is 13.5. The average molecular weight is 483 g/mol. The highest BCUT2D eigenvalue weighted by Crippen LogP contribution is 2.40. The van der Waals surface area contributed by atoms with Crippen molar-refractivity contribution in [1.29, 1.82) is 0 Å². The lowest BCUT2D eigenvalue weighted by atomic mass is 10.0. The van der Waals surface area contributed by atoms with Crippen molar-refractivity contribution in [3.63, 3.8) is 0 Å². The molecule has 0 bridgehead atoms. The lowest BCUT2D eigenvalue weighted by Gasteiger charge is -2.35. The highest BCUT2D eigenvalue weighted by Gasteiger charge is 2.37. The number of ketones is 1. The molecule has 0 unspecified atom stereocenters. The van der Waals surface area contributed by atoms with Crippen LogP contribution in [-0.4, -0.2) is 42.2 Å². The second kappa shape index (κ2) is 10.7. The Morgan fingerprint density at radius 1 is 1.21 bits per heavy atom. The van der Waals surface area contributed by atoms with Gasteiger partial charge in [0.15, 0.2) is 8.32 Å². The lowest BCUT2D eigenvalue weighted by Crippen LogP contribution is -2.39. The molecule has 2 heterocycles. The molecule has 0 spiro atoms. The van der Waals surface area contributed by atoms with Crippen molar-refractivity contribution in [3.8, 4) is 17.2 Å². The summed E-state index contributed by atoms with van der Waals surface area (Å²) >= 11 is 0. The fourth-order valence-electron chi connectivity index (χ4n) is 3.76. The molecule has 0 atom stereocenters. The number of ether oxygens (including phenoxy) is 2. The zero-order valence-corrected chi connectivity index (χ0v) is 22.3. The van der Waals surface area contributed by atoms with Crippen molar-refractivity contribution in [2.75, 3.05) is 13.7 Å². The Labute approximate surface area is 204 Å². The Morgan fingerprint density at radius 2 is 1.97 bits per heavy atom. The summed E-state index contributed by atoms with van der Waals surface area (Å²) in [6, 6.07) is 11.3. The predicted octanol–water partition coefficient (Wildman–Crippen LogP) is 6.13. The number of nitrogens with zero attached hydrogens (tertiary/aromatic N) is 1. The second-order valence-electron chi connectivity index (χ2n) is 9.94. The molecule has 7 heteroatoms. The molecule has 184 valence electrons. The molecule has 0 saturated carbocycles. The number of hydrogen-bond acceptors (Lipinski definition) is 4. The predicted molar refractivity (Wildman–Crippen MR) is 139 cm³/mol. The summed E-state index contributed by atoms with van der Waals surface area (Å²) in [6.45, 7) is 11.0. The van der Waals surface area contributed by atoms with Crippen LogP contribution in [-0.2, 0) is 6.42 Å². The zero-order chi connectivity index (χ0) is 24.9. The Kier molecular flexibility index (Phi) is 8.10. The van der Waals surface area contributed by atoms with Gasteiger partial charge >= 0.3 is 0 Å². The van der Waals surface area contributed by atoms with Gasteiger partial charge in [0.1, 0.15) is 17.2 Å². The smallest absolute Gasteiger partial charge is 0.215 e. The van der Waals surface area contributed by atoms with Crippen LogP contribution < -0.4 is 9.47 Å². The summed E-state index contributed by atoms with van der Waals surface area (Å²) in [5, 5.41) is -0.118. The van der Waals surface area contributed by atoms with Gasteiger partial charge in [-0.2, -0.15) is 0 Å². The number of rotatable bonds is 12. The number of unbranched alkanes of at least 4 members (excludes halogenated alkanes) is 1. The van der Waals surface area contributed by atoms with Gasteiger partial charge in [-0.3, -0.25) is 4.79 Å². The molecule has 34 heavy (non-hydrogen) atoms. The van der Waals surface area contributed by atoms with Gasteiger partial charge in [-0.1, -0.05) is 27.2 Å². The van der Waals surface area contributed by atoms with Crippen molar-refractivity contribution >= 4 is 14.1 Å². The minimum Gasteiger partial charge on any atom is -0.496 e. The van der Waals surface area contributed by atoms with E-state index in [9.17, 15) is 9.59 Å². The van der Waals surface area contributed by atoms with Crippen LogP contribution in [0, 0.1) is 0 Å². The molecule has 1 aromatic carbocycles. The number of carbonyl (C=O) groups is 1. The Hall–Kier alpha value is -2.77. The molecular weight excluding hydrogens is 444 g/mol. The molecule has 0 aliphatic carbocycles. The first kappa shape index (κ1) is 25.8. The van der Waals surface area contributed by atoms with Gasteiger partial charge in [0.25, 0.3) is 0 Å². The summed E-state index contributed by atoms with van der Waals surface area (Å²) in [5.74, 6) is 1.05. The summed E-state index contributed by atoms with van der Waals surface area (Å²) in [4.78, 5) is 27.3. The molecule has 0 aliphatic heterocycles. The van der Waals surface area contributed by atoms with Crippen molar-refractivity contribution in [2.24, 2.45) is 0 Å². The van der Waals surface area contributed by atoms with E-state index in [4.69, 9.17) is 9.47 Å². The van der Waals surface area contributed by atoms with Crippen LogP contribution in [0.5, 0.6) is 11.5 Å². The number of aryl methyl sites for hydroxylation is 1. The lowest BCUT2D eigenvalue weighted by molar-refractivity contribution is 0.103. The number of carbonyl (C=O) groups excluding carboxylic acids is 1. The number of hydrogen-bond donors (Lipinski definition) is 2. The summed E-state index contributed by atoms with van der Waals surface area (Å²) in [5.41, 5.74) is 2.89. The van der Waals surface area contributed by atoms with Gasteiger partial charge in [-0.05, 0) is 67.7 Å². The third kappa shape index (κ3) is 5.65. The SMILES string of the molecule is CCCCOc1ccc(C(=O)c2[nH]ccc2-n2cccc2CCC(C)(C)[Si](C)(C)O)c(OC)c1. The summed E-state index contributed by atoms with van der Waals surface area (Å²) < 4.78 is 13.4. The Balaban J connectivity index is 1.86. The Morgan fingerprint density at radius 3 is 2.65 bits per heavy atom. The minimum atomic E-state index is -2.29. The molecule has 6 nitrogen and oxygen atoms in total. The number of aromatic nitrogens is 2. The third-order valence-electron chi connectivity index (χ3n) is 6.89. The van der Waals surface area contributed by atoms with Crippen molar-refractivity contribution < 1.29 is 19.1 Å². The van der Waals surface area contributed by atoms with E-state index < -0.39 is 8.32 Å². The summed E-state index contributed by atoms with van der Waals surface area (Å²) in [6.07, 6.45) is 7.47. The molecule has 0 aliphatic rings. The highest BCUT2D eigenvalue weighted by atomic mass is 28.4. The van der Waals surface area contributed by atoms with E-state index in [0.29, 0.717) is 29.4 Å². The molecule has 3 rings (SSSR count). The van der Waals surface area contributed by atoms with Crippen LogP contribution in [0.2, 0.25) is 18.1 Å². The average Bonchev–Trinajstić information content (AvgIpc) is 3.45. The maximum Gasteiger partial charge on any atom is 0.215 e. The van der Waals surface area contributed by atoms with E-state index in [1.54, 1.807) is 25.4 Å². The minimum absolute atomic E-state index is 0.118. The van der Waals surface area contributed by atoms with E-state index in [1.165, 1.54) is 0 Å². The van der Waals surface area contributed by atoms with Gasteiger partial charge in [0, 0.05) is 24.2 Å². The molecule has 0 amide bonds. The number of H-pyrrole nitrogens is 1. The van der Waals surface area contributed by atoms with Gasteiger partial charge in [0.2, 0.25) is 5.78 Å². The summed E-state index contributed by atoms with van der Waals surface area (Å²) in [7, 11) is -0.730. The quantitative estimate of drug-likeness (QED) is 0.185. The number of aromatic amines is 1. The monoisotopic (exact) mass is 482 g/mol. The standard InChI is InChI=1S/C27H38N2O4Si/c1-7-8-18-33-21-11-12-22(24(19-21)32-4)26(30)25-23(14-16-28-25)29-17-9-10-20(29)13-15-27(2,3)34(5,6)31/h9-12,14,16-17,19,28,31H,7-8,13,15,18H2,1-6H3. The third-order valence-corrected chi connectivity index (χ3v) is 10.5. The van der Waals surface area contributed by atoms with Crippen LogP contribution in [0.15, 0.2) is 48.8 Å². The van der Waals surface area contributed by atoms with Crippen LogP contribution in [0.1, 0.15) is 61.8 Å². The van der Waals surface area contributed by atoms with Crippen LogP contribution in [0.4, 0.5) is 0 Å². The molecule has 3 aromatic rings. The van der Waals surface area contributed by atoms with E-state index in [2.05, 4.69) is 36.4 Å².